The molecule has 10 nitrogen and oxygen atoms in total. The molecule has 39 heavy (non-hydrogen) atoms. The fourth-order valence-electron chi connectivity index (χ4n) is 4.17. The van der Waals surface area contributed by atoms with Crippen LogP contribution in [0.15, 0.2) is 0 Å². The Balaban J connectivity index is 3.43. The Morgan fingerprint density at radius 1 is 0.692 bits per heavy atom. The quantitative estimate of drug-likeness (QED) is 0.100. The van der Waals surface area contributed by atoms with Crippen LogP contribution in [-0.2, 0) is 28.7 Å². The summed E-state index contributed by atoms with van der Waals surface area (Å²) in [6.07, 6.45) is 19.8. The van der Waals surface area contributed by atoms with E-state index in [9.17, 15) is 19.2 Å². The van der Waals surface area contributed by atoms with Crippen LogP contribution in [0.2, 0.25) is 0 Å². The fourth-order valence-corrected chi connectivity index (χ4v) is 4.17. The first-order valence-corrected chi connectivity index (χ1v) is 15.1. The van der Waals surface area contributed by atoms with Crippen molar-refractivity contribution in [3.05, 3.63) is 0 Å². The van der Waals surface area contributed by atoms with Crippen LogP contribution in [0.1, 0.15) is 122 Å². The van der Waals surface area contributed by atoms with E-state index in [1.165, 1.54) is 83.5 Å². The third-order valence-corrected chi connectivity index (χ3v) is 6.49. The maximum absolute atomic E-state index is 11.9. The monoisotopic (exact) mass is 557 g/mol. The maximum atomic E-state index is 11.9. The number of unbranched alkanes of at least 4 members (excludes halogenated alkanes) is 14. The Hall–Kier alpha value is -2.20. The highest BCUT2D eigenvalue weighted by Crippen LogP contribution is 2.13. The van der Waals surface area contributed by atoms with E-state index in [0.717, 1.165) is 12.8 Å². The van der Waals surface area contributed by atoms with Crippen LogP contribution in [0.5, 0.6) is 0 Å². The van der Waals surface area contributed by atoms with Crippen molar-refractivity contribution in [2.75, 3.05) is 33.0 Å². The van der Waals surface area contributed by atoms with Gasteiger partial charge in [0.15, 0.2) is 0 Å². The number of hydrogen-bond donors (Lipinski definition) is 4. The normalized spacial score (nSPS) is 11.7. The van der Waals surface area contributed by atoms with Gasteiger partial charge in [0.2, 0.25) is 17.7 Å². The van der Waals surface area contributed by atoms with Gasteiger partial charge in [-0.15, -0.1) is 0 Å². The van der Waals surface area contributed by atoms with Gasteiger partial charge in [0, 0.05) is 19.4 Å². The minimum atomic E-state index is -1.24. The molecule has 0 aliphatic carbocycles. The predicted octanol–water partition coefficient (Wildman–Crippen LogP) is 4.23. The lowest BCUT2D eigenvalue weighted by atomic mass is 10.0. The van der Waals surface area contributed by atoms with E-state index in [0.29, 0.717) is 19.6 Å². The summed E-state index contributed by atoms with van der Waals surface area (Å²) in [5.41, 5.74) is 5.00. The van der Waals surface area contributed by atoms with Crippen LogP contribution < -0.4 is 16.4 Å². The first-order valence-electron chi connectivity index (χ1n) is 15.1. The molecule has 228 valence electrons. The van der Waals surface area contributed by atoms with Crippen LogP contribution in [0.3, 0.4) is 0 Å². The Labute approximate surface area is 235 Å². The number of amides is 3. The van der Waals surface area contributed by atoms with Crippen LogP contribution in [0.25, 0.3) is 0 Å². The zero-order chi connectivity index (χ0) is 29.0. The van der Waals surface area contributed by atoms with E-state index >= 15 is 0 Å². The number of carboxylic acids is 1. The molecule has 0 rings (SSSR count). The molecule has 0 aromatic rings. The van der Waals surface area contributed by atoms with Crippen molar-refractivity contribution in [1.29, 1.82) is 0 Å². The van der Waals surface area contributed by atoms with Gasteiger partial charge in [0.05, 0.1) is 19.8 Å². The second kappa shape index (κ2) is 27.4. The molecule has 10 heteroatoms. The molecule has 3 amide bonds. The summed E-state index contributed by atoms with van der Waals surface area (Å²) in [6, 6.07) is -1.19. The van der Waals surface area contributed by atoms with Gasteiger partial charge in [0.1, 0.15) is 12.6 Å². The van der Waals surface area contributed by atoms with E-state index in [2.05, 4.69) is 17.6 Å². The van der Waals surface area contributed by atoms with Gasteiger partial charge in [-0.3, -0.25) is 14.4 Å². The topological polar surface area (TPSA) is 157 Å². The standard InChI is InChI=1S/C29H55N3O7/c1-2-3-4-5-6-7-8-9-10-11-12-13-14-15-16-17-27(34)31-20-21-38-22-23-39-24-28(35)32-25(29(36)37)18-19-26(30)33/h25H,2-24H2,1H3,(H2,30,33)(H,31,34)(H,32,35)(H,36,37)/t25-/m0/s1. The van der Waals surface area contributed by atoms with E-state index < -0.39 is 23.8 Å². The van der Waals surface area contributed by atoms with Crippen molar-refractivity contribution < 1.29 is 33.8 Å². The van der Waals surface area contributed by atoms with Crippen molar-refractivity contribution in [3.63, 3.8) is 0 Å². The molecule has 0 aromatic carbocycles. The summed E-state index contributed by atoms with van der Waals surface area (Å²) >= 11 is 0. The molecule has 0 radical (unpaired) electrons. The molecule has 0 aliphatic rings. The maximum Gasteiger partial charge on any atom is 0.326 e. The van der Waals surface area contributed by atoms with Crippen LogP contribution in [0, 0.1) is 0 Å². The highest BCUT2D eigenvalue weighted by Gasteiger charge is 2.20. The van der Waals surface area contributed by atoms with E-state index in [1.807, 2.05) is 0 Å². The Kier molecular flexibility index (Phi) is 25.8. The van der Waals surface area contributed by atoms with Gasteiger partial charge in [-0.05, 0) is 12.8 Å². The van der Waals surface area contributed by atoms with Crippen molar-refractivity contribution in [3.8, 4) is 0 Å². The molecule has 1 atom stereocenters. The summed E-state index contributed by atoms with van der Waals surface area (Å²) in [5.74, 6) is -2.44. The lowest BCUT2D eigenvalue weighted by Gasteiger charge is -2.13. The van der Waals surface area contributed by atoms with Crippen LogP contribution in [-0.4, -0.2) is 67.8 Å². The van der Waals surface area contributed by atoms with Crippen molar-refractivity contribution in [1.82, 2.24) is 10.6 Å². The van der Waals surface area contributed by atoms with Crippen molar-refractivity contribution >= 4 is 23.7 Å². The molecule has 0 saturated heterocycles. The number of aliphatic carboxylic acids is 1. The summed E-state index contributed by atoms with van der Waals surface area (Å²) in [7, 11) is 0. The van der Waals surface area contributed by atoms with Gasteiger partial charge in [-0.25, -0.2) is 4.79 Å². The second-order valence-corrected chi connectivity index (χ2v) is 10.2. The number of hydrogen-bond acceptors (Lipinski definition) is 6. The number of carbonyl (C=O) groups is 4. The van der Waals surface area contributed by atoms with Crippen molar-refractivity contribution in [2.24, 2.45) is 5.73 Å². The van der Waals surface area contributed by atoms with Crippen LogP contribution >= 0.6 is 0 Å². The second-order valence-electron chi connectivity index (χ2n) is 10.2. The number of primary amides is 1. The lowest BCUT2D eigenvalue weighted by Crippen LogP contribution is -2.43. The molecular weight excluding hydrogens is 502 g/mol. The molecule has 0 unspecified atom stereocenters. The predicted molar refractivity (Wildman–Crippen MR) is 152 cm³/mol. The lowest BCUT2D eigenvalue weighted by molar-refractivity contribution is -0.143. The average Bonchev–Trinajstić information content (AvgIpc) is 2.90. The smallest absolute Gasteiger partial charge is 0.326 e. The number of nitrogens with two attached hydrogens (primary N) is 1. The minimum absolute atomic E-state index is 0.0329. The number of ether oxygens (including phenoxy) is 2. The number of rotatable bonds is 29. The van der Waals surface area contributed by atoms with Crippen LogP contribution in [0.4, 0.5) is 0 Å². The first kappa shape index (κ1) is 36.8. The van der Waals surface area contributed by atoms with E-state index in [1.54, 1.807) is 0 Å². The SMILES string of the molecule is CCCCCCCCCCCCCCCCCC(=O)NCCOCCOCC(=O)N[C@@H](CCC(N)=O)C(=O)O. The largest absolute Gasteiger partial charge is 0.480 e. The van der Waals surface area contributed by atoms with Gasteiger partial charge >= 0.3 is 5.97 Å². The third kappa shape index (κ3) is 27.2. The molecule has 0 bridgehead atoms. The molecule has 5 N–H and O–H groups in total. The fraction of sp³-hybridized carbons (Fsp3) is 0.862. The highest BCUT2D eigenvalue weighted by atomic mass is 16.5. The summed E-state index contributed by atoms with van der Waals surface area (Å²) < 4.78 is 10.5. The van der Waals surface area contributed by atoms with Crippen molar-refractivity contribution in [2.45, 2.75) is 129 Å². The Morgan fingerprint density at radius 2 is 1.21 bits per heavy atom. The number of carboxylic acid groups (broad SMARTS) is 1. The highest BCUT2D eigenvalue weighted by molar-refractivity contribution is 5.84. The van der Waals surface area contributed by atoms with Gasteiger partial charge < -0.3 is 30.9 Å². The average molecular weight is 558 g/mol. The molecule has 0 heterocycles. The molecule has 0 spiro atoms. The minimum Gasteiger partial charge on any atom is -0.480 e. The molecule has 0 aromatic heterocycles. The zero-order valence-electron chi connectivity index (χ0n) is 24.3. The molecule has 0 saturated carbocycles. The molecule has 0 aliphatic heterocycles. The molecule has 0 fully saturated rings. The Morgan fingerprint density at radius 3 is 1.72 bits per heavy atom. The van der Waals surface area contributed by atoms with Gasteiger partial charge in [-0.2, -0.15) is 0 Å². The summed E-state index contributed by atoms with van der Waals surface area (Å²) in [5, 5.41) is 14.2. The number of nitrogens with one attached hydrogen (secondary N) is 2. The summed E-state index contributed by atoms with van der Waals surface area (Å²) in [4.78, 5) is 45.5. The summed E-state index contributed by atoms with van der Waals surface area (Å²) in [6.45, 7) is 3.09. The van der Waals surface area contributed by atoms with E-state index in [4.69, 9.17) is 20.3 Å². The van der Waals surface area contributed by atoms with E-state index in [-0.39, 0.29) is 38.6 Å². The Bertz CT molecular complexity index is 646. The number of carbonyl (C=O) groups excluding carboxylic acids is 3. The van der Waals surface area contributed by atoms with Gasteiger partial charge in [0.25, 0.3) is 0 Å². The first-order chi connectivity index (χ1) is 18.9. The third-order valence-electron chi connectivity index (χ3n) is 6.49. The zero-order valence-corrected chi connectivity index (χ0v) is 24.3. The molecular formula is C29H55N3O7. The van der Waals surface area contributed by atoms with Gasteiger partial charge in [-0.1, -0.05) is 96.8 Å².